The average Bonchev–Trinajstić information content (AvgIpc) is 3.04. The lowest BCUT2D eigenvalue weighted by Crippen LogP contribution is -2.29. The van der Waals surface area contributed by atoms with E-state index in [1.54, 1.807) is 23.9 Å². The maximum Gasteiger partial charge on any atom is 0.193 e. The van der Waals surface area contributed by atoms with E-state index in [9.17, 15) is 4.79 Å². The Kier molecular flexibility index (Phi) is 4.62. The first-order chi connectivity index (χ1) is 13.1. The molecule has 2 aromatic carbocycles. The van der Waals surface area contributed by atoms with Crippen molar-refractivity contribution in [1.82, 2.24) is 9.58 Å². The minimum absolute atomic E-state index is 0.0126. The van der Waals surface area contributed by atoms with E-state index in [1.165, 1.54) is 5.56 Å². The van der Waals surface area contributed by atoms with Crippen molar-refractivity contribution >= 4 is 16.7 Å². The van der Waals surface area contributed by atoms with E-state index >= 15 is 0 Å². The Morgan fingerprint density at radius 2 is 1.74 bits per heavy atom. The van der Waals surface area contributed by atoms with Gasteiger partial charge in [-0.25, -0.2) is 0 Å². The van der Waals surface area contributed by atoms with E-state index in [4.69, 9.17) is 10.6 Å². The molecule has 1 aliphatic heterocycles. The normalized spacial score (nSPS) is 15.9. The van der Waals surface area contributed by atoms with Crippen molar-refractivity contribution < 1.29 is 9.53 Å². The third-order valence-corrected chi connectivity index (χ3v) is 5.64. The highest BCUT2D eigenvalue weighted by Crippen LogP contribution is 2.34. The van der Waals surface area contributed by atoms with E-state index in [0.717, 1.165) is 42.6 Å². The summed E-state index contributed by atoms with van der Waals surface area (Å²) in [6, 6.07) is 13.0. The second-order valence-electron chi connectivity index (χ2n) is 7.36. The van der Waals surface area contributed by atoms with Gasteiger partial charge in [-0.05, 0) is 86.9 Å². The highest BCUT2D eigenvalue weighted by Gasteiger charge is 2.23. The van der Waals surface area contributed by atoms with Crippen molar-refractivity contribution in [2.24, 2.45) is 0 Å². The zero-order valence-electron chi connectivity index (χ0n) is 15.8. The summed E-state index contributed by atoms with van der Waals surface area (Å²) in [5.41, 5.74) is 3.57. The van der Waals surface area contributed by atoms with Gasteiger partial charge < -0.3 is 15.5 Å². The fourth-order valence-corrected chi connectivity index (χ4v) is 3.98. The number of ketones is 1. The van der Waals surface area contributed by atoms with Crippen LogP contribution in [0, 0.1) is 0 Å². The maximum atomic E-state index is 12.9. The van der Waals surface area contributed by atoms with Crippen LogP contribution in [0.1, 0.15) is 40.2 Å². The monoisotopic (exact) mass is 363 g/mol. The SMILES string of the molecule is COc1ccc(C(=O)c2ccc3c(c2)c(C2CCN(C)CC2)cn3N)cc1. The molecule has 5 nitrogen and oxygen atoms in total. The van der Waals surface area contributed by atoms with Crippen LogP contribution in [-0.2, 0) is 0 Å². The number of aromatic nitrogens is 1. The lowest BCUT2D eigenvalue weighted by atomic mass is 9.88. The Labute approximate surface area is 159 Å². The molecule has 0 spiro atoms. The van der Waals surface area contributed by atoms with E-state index < -0.39 is 0 Å². The molecule has 1 saturated heterocycles. The number of hydrogen-bond donors (Lipinski definition) is 1. The second kappa shape index (κ2) is 7.08. The van der Waals surface area contributed by atoms with E-state index in [2.05, 4.69) is 11.9 Å². The quantitative estimate of drug-likeness (QED) is 0.570. The number of methoxy groups -OCH3 is 1. The Hall–Kier alpha value is -2.79. The number of piperidine rings is 1. The standard InChI is InChI=1S/C22H25N3O2/c1-24-11-9-15(10-12-24)20-14-25(23)21-8-5-17(13-19(20)21)22(26)16-3-6-18(27-2)7-4-16/h3-8,13-15H,9-12,23H2,1-2H3. The number of benzene rings is 2. The van der Waals surface area contributed by atoms with Gasteiger partial charge in [-0.2, -0.15) is 0 Å². The van der Waals surface area contributed by atoms with Crippen molar-refractivity contribution in [2.45, 2.75) is 18.8 Å². The van der Waals surface area contributed by atoms with Gasteiger partial charge in [-0.15, -0.1) is 0 Å². The van der Waals surface area contributed by atoms with Crippen LogP contribution in [0.3, 0.4) is 0 Å². The number of hydrogen-bond acceptors (Lipinski definition) is 4. The van der Waals surface area contributed by atoms with Gasteiger partial charge in [0.2, 0.25) is 0 Å². The van der Waals surface area contributed by atoms with Crippen LogP contribution in [0.4, 0.5) is 0 Å². The number of rotatable bonds is 4. The van der Waals surface area contributed by atoms with Gasteiger partial charge in [-0.1, -0.05) is 0 Å². The molecule has 0 saturated carbocycles. The number of fused-ring (bicyclic) bond motifs is 1. The zero-order chi connectivity index (χ0) is 19.0. The molecule has 2 N–H and O–H groups in total. The summed E-state index contributed by atoms with van der Waals surface area (Å²) in [4.78, 5) is 15.3. The number of carbonyl (C=O) groups is 1. The van der Waals surface area contributed by atoms with Gasteiger partial charge in [-0.3, -0.25) is 9.47 Å². The van der Waals surface area contributed by atoms with Crippen molar-refractivity contribution in [3.8, 4) is 5.75 Å². The highest BCUT2D eigenvalue weighted by molar-refractivity contribution is 6.10. The Bertz CT molecular complexity index is 967. The topological polar surface area (TPSA) is 60.5 Å². The van der Waals surface area contributed by atoms with Gasteiger partial charge in [0.05, 0.1) is 12.6 Å². The van der Waals surface area contributed by atoms with Crippen LogP contribution < -0.4 is 10.6 Å². The van der Waals surface area contributed by atoms with Crippen molar-refractivity contribution in [2.75, 3.05) is 33.1 Å². The predicted octanol–water partition coefficient (Wildman–Crippen LogP) is 3.40. The lowest BCUT2D eigenvalue weighted by molar-refractivity contribution is 0.103. The molecule has 1 aliphatic rings. The molecule has 3 aromatic rings. The molecule has 1 fully saturated rings. The van der Waals surface area contributed by atoms with Gasteiger partial charge >= 0.3 is 0 Å². The minimum Gasteiger partial charge on any atom is -0.497 e. The van der Waals surface area contributed by atoms with Crippen LogP contribution in [0.15, 0.2) is 48.7 Å². The third kappa shape index (κ3) is 3.30. The highest BCUT2D eigenvalue weighted by atomic mass is 16.5. The van der Waals surface area contributed by atoms with Crippen LogP contribution in [0.25, 0.3) is 10.9 Å². The van der Waals surface area contributed by atoms with Gasteiger partial charge in [0.25, 0.3) is 0 Å². The minimum atomic E-state index is 0.0126. The average molecular weight is 363 g/mol. The molecule has 0 amide bonds. The summed E-state index contributed by atoms with van der Waals surface area (Å²) in [5.74, 6) is 7.43. The first-order valence-electron chi connectivity index (χ1n) is 9.34. The van der Waals surface area contributed by atoms with Gasteiger partial charge in [0.15, 0.2) is 5.78 Å². The van der Waals surface area contributed by atoms with Crippen molar-refractivity contribution in [3.63, 3.8) is 0 Å². The number of ether oxygens (including phenoxy) is 1. The number of nitrogens with zero attached hydrogens (tertiary/aromatic N) is 2. The third-order valence-electron chi connectivity index (χ3n) is 5.64. The molecule has 27 heavy (non-hydrogen) atoms. The van der Waals surface area contributed by atoms with Crippen LogP contribution in [-0.4, -0.2) is 42.6 Å². The summed E-state index contributed by atoms with van der Waals surface area (Å²) in [7, 11) is 3.78. The summed E-state index contributed by atoms with van der Waals surface area (Å²) < 4.78 is 6.86. The number of nitrogen functional groups attached to an aromatic ring is 1. The number of likely N-dealkylation sites (tertiary alicyclic amines) is 1. The number of carbonyl (C=O) groups excluding carboxylic acids is 1. The Morgan fingerprint density at radius 1 is 1.07 bits per heavy atom. The molecule has 2 heterocycles. The summed E-state index contributed by atoms with van der Waals surface area (Å²) in [6.07, 6.45) is 4.26. The molecular weight excluding hydrogens is 338 g/mol. The molecule has 1 aromatic heterocycles. The number of nitrogens with two attached hydrogens (primary N) is 1. The summed E-state index contributed by atoms with van der Waals surface area (Å²) >= 11 is 0. The molecule has 140 valence electrons. The largest absolute Gasteiger partial charge is 0.497 e. The van der Waals surface area contributed by atoms with Gasteiger partial charge in [0.1, 0.15) is 5.75 Å². The Morgan fingerprint density at radius 3 is 2.41 bits per heavy atom. The molecule has 0 unspecified atom stereocenters. The molecular formula is C22H25N3O2. The fourth-order valence-electron chi connectivity index (χ4n) is 3.98. The fraction of sp³-hybridized carbons (Fsp3) is 0.318. The van der Waals surface area contributed by atoms with Crippen LogP contribution >= 0.6 is 0 Å². The first kappa shape index (κ1) is 17.6. The van der Waals surface area contributed by atoms with Crippen molar-refractivity contribution in [3.05, 3.63) is 65.4 Å². The predicted molar refractivity (Wildman–Crippen MR) is 108 cm³/mol. The first-order valence-corrected chi connectivity index (χ1v) is 9.34. The molecule has 0 atom stereocenters. The summed E-state index contributed by atoms with van der Waals surface area (Å²) in [5, 5.41) is 1.09. The van der Waals surface area contributed by atoms with Crippen molar-refractivity contribution in [1.29, 1.82) is 0 Å². The molecule has 0 aliphatic carbocycles. The lowest BCUT2D eigenvalue weighted by Gasteiger charge is -2.28. The van der Waals surface area contributed by atoms with E-state index in [-0.39, 0.29) is 5.78 Å². The molecule has 4 rings (SSSR count). The van der Waals surface area contributed by atoms with E-state index in [0.29, 0.717) is 17.0 Å². The molecule has 5 heteroatoms. The second-order valence-corrected chi connectivity index (χ2v) is 7.36. The zero-order valence-corrected chi connectivity index (χ0v) is 15.8. The van der Waals surface area contributed by atoms with Gasteiger partial charge in [0, 0.05) is 22.7 Å². The molecule has 0 radical (unpaired) electrons. The molecule has 0 bridgehead atoms. The Balaban J connectivity index is 1.70. The smallest absolute Gasteiger partial charge is 0.193 e. The van der Waals surface area contributed by atoms with Crippen LogP contribution in [0.2, 0.25) is 0 Å². The van der Waals surface area contributed by atoms with E-state index in [1.807, 2.05) is 36.5 Å². The van der Waals surface area contributed by atoms with Crippen LogP contribution in [0.5, 0.6) is 5.75 Å². The maximum absolute atomic E-state index is 12.9. The summed E-state index contributed by atoms with van der Waals surface area (Å²) in [6.45, 7) is 2.18.